The summed E-state index contributed by atoms with van der Waals surface area (Å²) >= 11 is 0. The lowest BCUT2D eigenvalue weighted by Gasteiger charge is -2.28. The van der Waals surface area contributed by atoms with Gasteiger partial charge in [0.25, 0.3) is 23.1 Å². The Morgan fingerprint density at radius 3 is 0.560 bits per heavy atom. The molecule has 6 aliphatic heterocycles. The Kier molecular flexibility index (Phi) is 23.0. The number of hydrogen-bond donors (Lipinski definition) is 2. The minimum absolute atomic E-state index is 0.471. The highest BCUT2D eigenvalue weighted by atomic mass is 16.8. The summed E-state index contributed by atoms with van der Waals surface area (Å²) in [6, 6.07) is 16.7. The molecule has 0 spiro atoms. The van der Waals surface area contributed by atoms with E-state index in [2.05, 4.69) is 114 Å². The molecule has 0 fully saturated rings. The van der Waals surface area contributed by atoms with Gasteiger partial charge < -0.3 is 47.9 Å². The first-order valence-electron chi connectivity index (χ1n) is 40.1. The van der Waals surface area contributed by atoms with Crippen molar-refractivity contribution in [1.29, 1.82) is 0 Å². The Morgan fingerprint density at radius 1 is 0.220 bits per heavy atom. The van der Waals surface area contributed by atoms with E-state index in [1.54, 1.807) is 0 Å². The van der Waals surface area contributed by atoms with Crippen molar-refractivity contribution >= 4 is 44.1 Å². The van der Waals surface area contributed by atoms with Gasteiger partial charge in [-0.15, -0.1) is 0 Å². The number of aromatic nitrogens is 8. The van der Waals surface area contributed by atoms with Crippen molar-refractivity contribution in [1.82, 2.24) is 39.9 Å². The minimum atomic E-state index is -0.786. The van der Waals surface area contributed by atoms with Gasteiger partial charge in [0.1, 0.15) is 22.6 Å². The zero-order valence-corrected chi connectivity index (χ0v) is 61.9. The van der Waals surface area contributed by atoms with Crippen LogP contribution in [0.15, 0.2) is 48.5 Å². The number of nitrogens with zero attached hydrogens (tertiary/aromatic N) is 6. The van der Waals surface area contributed by atoms with E-state index in [0.717, 1.165) is 249 Å². The quantitative estimate of drug-likeness (QED) is 0.0346. The standard InChI is InChI=1S/C84H114N8O8/c1-9-17-25-33-41-81(42-34-26-18-10-2)93-65-49-57-58(50-66(65)94-81)74-85-73(57)89-75-59-51-67-69(97-82(95-67,43-35-27-19-11-3)44-36-28-20-12-4)53-61(59)77(86-75)91-79-63-55-71-72(100-84(99-71,47-39-31-23-15-7)48-40-32-24-16-8)56-64(63)80(88-79)92-78-62-54-70-68(52-60(62)76(87-78)90-74)96-83(98-70,45-37-29-21-13-5)46-38-30-22-14-6/h49-56H,9-48H2,1-8H3,(H2,85,86,87,88,89,90,91,92). The molecule has 100 heavy (non-hydrogen) atoms. The summed E-state index contributed by atoms with van der Waals surface area (Å²) in [5.74, 6) is 4.26. The number of nitrogens with one attached hydrogen (secondary N) is 2. The summed E-state index contributed by atoms with van der Waals surface area (Å²) in [5, 5.41) is 3.24. The van der Waals surface area contributed by atoms with Crippen molar-refractivity contribution in [2.45, 2.75) is 335 Å². The third kappa shape index (κ3) is 15.5. The SMILES string of the molecule is CCCCCCC1(CCCCCC)Oc2cc3c(cc2O1)-c1nc-3nc2[nH]c(nc3nc(nc4[nH]c(n1)c1cc5c(cc41)OC(CCCCCC)(CCCCCC)O5)-c1cc4c(cc1-3)OC(CCCCCC)(CCCCCC)O4)c1cc3c(cc21)OC(CCCCCC)(CCCCCC)O3. The van der Waals surface area contributed by atoms with Gasteiger partial charge in [-0.25, -0.2) is 29.9 Å². The largest absolute Gasteiger partial charge is 0.448 e. The lowest BCUT2D eigenvalue weighted by molar-refractivity contribution is -0.0953. The molecule has 4 aromatic carbocycles. The second kappa shape index (κ2) is 32.3. The van der Waals surface area contributed by atoms with Crippen molar-refractivity contribution in [2.24, 2.45) is 0 Å². The average Bonchev–Trinajstić information content (AvgIpc) is 1.59. The maximum absolute atomic E-state index is 7.17. The number of rotatable bonds is 40. The maximum Gasteiger partial charge on any atom is 0.251 e. The minimum Gasteiger partial charge on any atom is -0.448 e. The van der Waals surface area contributed by atoms with E-state index in [1.165, 1.54) is 51.4 Å². The molecule has 3 aromatic heterocycles. The van der Waals surface area contributed by atoms with Crippen LogP contribution in [0.1, 0.15) is 312 Å². The number of ether oxygens (including phenoxy) is 8. The van der Waals surface area contributed by atoms with E-state index in [4.69, 9.17) is 67.8 Å². The van der Waals surface area contributed by atoms with Crippen LogP contribution in [0.3, 0.4) is 0 Å². The van der Waals surface area contributed by atoms with E-state index < -0.39 is 23.1 Å². The summed E-state index contributed by atoms with van der Waals surface area (Å²) in [6.07, 6.45) is 42.1. The fourth-order valence-corrected chi connectivity index (χ4v) is 16.0. The summed E-state index contributed by atoms with van der Waals surface area (Å²) in [4.78, 5) is 40.9. The third-order valence-electron chi connectivity index (χ3n) is 21.7. The fourth-order valence-electron chi connectivity index (χ4n) is 16.0. The molecule has 0 atom stereocenters. The van der Waals surface area contributed by atoms with Gasteiger partial charge in [0.15, 0.2) is 69.3 Å². The van der Waals surface area contributed by atoms with Gasteiger partial charge in [0.05, 0.1) is 0 Å². The van der Waals surface area contributed by atoms with Crippen LogP contribution in [0.4, 0.5) is 0 Å². The molecular weight excluding hydrogens is 1250 g/mol. The molecule has 9 heterocycles. The average molecular weight is 1360 g/mol. The Bertz CT molecular complexity index is 3630. The van der Waals surface area contributed by atoms with E-state index >= 15 is 0 Å². The highest BCUT2D eigenvalue weighted by Crippen LogP contribution is 2.54. The Labute approximate surface area is 594 Å². The van der Waals surface area contributed by atoms with Gasteiger partial charge in [-0.3, -0.25) is 0 Å². The number of benzene rings is 4. The molecule has 16 heteroatoms. The van der Waals surface area contributed by atoms with Crippen molar-refractivity contribution in [3.8, 4) is 91.5 Å². The zero-order chi connectivity index (χ0) is 69.1. The van der Waals surface area contributed by atoms with Gasteiger partial charge in [-0.1, -0.05) is 209 Å². The normalized spacial score (nSPS) is 15.8. The van der Waals surface area contributed by atoms with E-state index in [-0.39, 0.29) is 0 Å². The smallest absolute Gasteiger partial charge is 0.251 e. The van der Waals surface area contributed by atoms with Crippen molar-refractivity contribution < 1.29 is 37.9 Å². The number of unbranched alkanes of at least 4 members (excludes halogenated alkanes) is 24. The zero-order valence-electron chi connectivity index (χ0n) is 61.9. The van der Waals surface area contributed by atoms with E-state index in [0.29, 0.717) is 91.9 Å². The summed E-state index contributed by atoms with van der Waals surface area (Å²) < 4.78 is 57.3. The highest BCUT2D eigenvalue weighted by molar-refractivity contribution is 6.08. The first kappa shape index (κ1) is 71.1. The van der Waals surface area contributed by atoms with Crippen LogP contribution >= 0.6 is 0 Å². The van der Waals surface area contributed by atoms with Crippen LogP contribution in [-0.4, -0.2) is 63.0 Å². The number of hydrogen-bond acceptors (Lipinski definition) is 14. The third-order valence-corrected chi connectivity index (χ3v) is 21.7. The van der Waals surface area contributed by atoms with Crippen molar-refractivity contribution in [2.75, 3.05) is 0 Å². The van der Waals surface area contributed by atoms with Crippen LogP contribution in [0.25, 0.3) is 89.7 Å². The number of fused-ring (bicyclic) bond motifs is 24. The monoisotopic (exact) mass is 1360 g/mol. The molecule has 0 unspecified atom stereocenters. The summed E-state index contributed by atoms with van der Waals surface area (Å²) in [5.41, 5.74) is 5.36. The predicted octanol–water partition coefficient (Wildman–Crippen LogP) is 24.5. The van der Waals surface area contributed by atoms with Crippen LogP contribution in [0, 0.1) is 0 Å². The van der Waals surface area contributed by atoms with Crippen LogP contribution in [0.5, 0.6) is 46.0 Å². The van der Waals surface area contributed by atoms with Gasteiger partial charge in [-0.2, -0.15) is 0 Å². The molecule has 0 amide bonds. The van der Waals surface area contributed by atoms with Gasteiger partial charge in [0.2, 0.25) is 0 Å². The molecule has 6 aliphatic rings. The number of aromatic amines is 2. The molecule has 0 radical (unpaired) electrons. The van der Waals surface area contributed by atoms with E-state index in [9.17, 15) is 0 Å². The highest BCUT2D eigenvalue weighted by Gasteiger charge is 2.46. The van der Waals surface area contributed by atoms with Crippen molar-refractivity contribution in [3.63, 3.8) is 0 Å². The second-order valence-electron chi connectivity index (χ2n) is 29.9. The van der Waals surface area contributed by atoms with Crippen LogP contribution < -0.4 is 37.9 Å². The Morgan fingerprint density at radius 2 is 0.390 bits per heavy atom. The van der Waals surface area contributed by atoms with Crippen molar-refractivity contribution in [3.05, 3.63) is 48.5 Å². The Balaban J connectivity index is 1.03. The van der Waals surface area contributed by atoms with Gasteiger partial charge >= 0.3 is 0 Å². The molecule has 13 rings (SSSR count). The maximum atomic E-state index is 7.17. The topological polar surface area (TPSA) is 183 Å². The second-order valence-corrected chi connectivity index (χ2v) is 29.9. The molecule has 16 nitrogen and oxygen atoms in total. The van der Waals surface area contributed by atoms with Crippen LogP contribution in [-0.2, 0) is 0 Å². The summed E-state index contributed by atoms with van der Waals surface area (Å²) in [7, 11) is 0. The molecule has 0 aliphatic carbocycles. The number of H-pyrrole nitrogens is 2. The lowest BCUT2D eigenvalue weighted by atomic mass is 10.00. The fraction of sp³-hybridized carbons (Fsp3) is 0.619. The summed E-state index contributed by atoms with van der Waals surface area (Å²) in [6.45, 7) is 18.1. The molecule has 8 bridgehead atoms. The van der Waals surface area contributed by atoms with Gasteiger partial charge in [0, 0.05) is 95.2 Å². The molecule has 7 aromatic rings. The van der Waals surface area contributed by atoms with E-state index in [1.807, 2.05) is 0 Å². The van der Waals surface area contributed by atoms with Crippen LogP contribution in [0.2, 0.25) is 0 Å². The molecule has 538 valence electrons. The molecule has 2 N–H and O–H groups in total. The predicted molar refractivity (Wildman–Crippen MR) is 402 cm³/mol. The molecule has 0 saturated heterocycles. The van der Waals surface area contributed by atoms with Gasteiger partial charge in [-0.05, 0) is 99.9 Å². The first-order chi connectivity index (χ1) is 49.0. The Hall–Kier alpha value is -7.36. The molecule has 0 saturated carbocycles. The molecular formula is C84H114N8O8. The first-order valence-corrected chi connectivity index (χ1v) is 40.1. The lowest BCUT2D eigenvalue weighted by Crippen LogP contribution is -2.38.